The number of aromatic nitrogens is 3. The van der Waals surface area contributed by atoms with Crippen molar-refractivity contribution in [3.63, 3.8) is 0 Å². The van der Waals surface area contributed by atoms with Crippen molar-refractivity contribution in [2.75, 3.05) is 48.1 Å². The van der Waals surface area contributed by atoms with Gasteiger partial charge in [-0.25, -0.2) is 9.07 Å². The van der Waals surface area contributed by atoms with Crippen LogP contribution in [0.25, 0.3) is 11.1 Å². The number of nitrogens with one attached hydrogen (secondary N) is 1. The molecule has 6 rings (SSSR count). The highest BCUT2D eigenvalue weighted by Crippen LogP contribution is 2.41. The third-order valence-corrected chi connectivity index (χ3v) is 18.4. The minimum absolute atomic E-state index is 0.0745. The van der Waals surface area contributed by atoms with E-state index in [2.05, 4.69) is 15.6 Å². The van der Waals surface area contributed by atoms with Gasteiger partial charge in [-0.15, -0.1) is 5.10 Å². The first kappa shape index (κ1) is 65.8. The Morgan fingerprint density at radius 2 is 1.66 bits per heavy atom. The van der Waals surface area contributed by atoms with Gasteiger partial charge in [-0.05, 0) is 132 Å². The van der Waals surface area contributed by atoms with Crippen molar-refractivity contribution >= 4 is 34.5 Å². The van der Waals surface area contributed by atoms with E-state index in [9.17, 15) is 35.1 Å². The fraction of sp³-hybridized carbons (Fsp3) is 0.724. The van der Waals surface area contributed by atoms with Gasteiger partial charge in [0.2, 0.25) is 5.91 Å². The van der Waals surface area contributed by atoms with E-state index < -0.39 is 125 Å². The first-order valence-electron chi connectivity index (χ1n) is 27.9. The maximum Gasteiger partial charge on any atom is 0.312 e. The molecule has 3 saturated heterocycles. The maximum absolute atomic E-state index is 15.1. The Morgan fingerprint density at radius 3 is 2.30 bits per heavy atom. The van der Waals surface area contributed by atoms with Crippen LogP contribution in [-0.4, -0.2) is 199 Å². The van der Waals surface area contributed by atoms with Crippen molar-refractivity contribution in [2.45, 2.75) is 202 Å². The molecule has 0 bridgehead atoms. The summed E-state index contributed by atoms with van der Waals surface area (Å²) in [6.07, 6.45) is -7.28. The number of carbonyl (C=O) groups excluding carboxylic acids is 2. The minimum Gasteiger partial charge on any atom is -0.448 e. The molecule has 0 spiro atoms. The van der Waals surface area contributed by atoms with Gasteiger partial charge in [-0.1, -0.05) is 61.5 Å². The Hall–Kier alpha value is -3.34. The second-order valence-corrected chi connectivity index (χ2v) is 24.8. The zero-order valence-electron chi connectivity index (χ0n) is 49.1. The molecule has 0 unspecified atom stereocenters. The summed E-state index contributed by atoms with van der Waals surface area (Å²) in [4.78, 5) is 29.8. The Kier molecular flexibility index (Phi) is 23.1. The van der Waals surface area contributed by atoms with E-state index in [1.165, 1.54) is 32.7 Å². The smallest absolute Gasteiger partial charge is 0.312 e. The first-order valence-corrected chi connectivity index (χ1v) is 29.1. The molecule has 80 heavy (non-hydrogen) atoms. The number of amides is 1. The van der Waals surface area contributed by atoms with E-state index >= 15 is 4.39 Å². The van der Waals surface area contributed by atoms with E-state index in [0.717, 1.165) is 22.3 Å². The molecule has 3 aliphatic heterocycles. The number of rotatable bonds is 17. The Morgan fingerprint density at radius 1 is 0.975 bits per heavy atom. The van der Waals surface area contributed by atoms with Crippen molar-refractivity contribution < 1.29 is 72.7 Å². The van der Waals surface area contributed by atoms with Crippen LogP contribution in [0, 0.1) is 17.8 Å². The van der Waals surface area contributed by atoms with Crippen molar-refractivity contribution in [3.05, 3.63) is 71.5 Å². The summed E-state index contributed by atoms with van der Waals surface area (Å²) in [6, 6.07) is 13.7. The van der Waals surface area contributed by atoms with Crippen LogP contribution in [0.15, 0.2) is 54.7 Å². The largest absolute Gasteiger partial charge is 0.448 e. The third kappa shape index (κ3) is 15.7. The van der Waals surface area contributed by atoms with E-state index in [1.54, 1.807) is 47.7 Å². The topological polar surface area (TPSA) is 249 Å². The fourth-order valence-electron chi connectivity index (χ4n) is 11.9. The number of likely N-dealkylation sites (N-methyl/N-ethyl adjacent to an activating group) is 2. The molecule has 20 nitrogen and oxygen atoms in total. The standard InChI is InChI=1S/C58H90FIN6O14/c1-32-26-56(8,72)52(34(3)48(78-46-27-57(9,75-14)51(70)37(6)77-46)35(4)53(71)80-55(60)58(10,73)50(69)36(5)65(12)30-32)79-54-47(68)44(24-33(2)76-54)64(11)23-22-43-31-66(63-62-43)45(28-59)49(74-13)41-20-18-40(19-21-41)42-17-15-16-39(25-42)29-61-38(7)67/h15-21,25,31-37,44-52,54-55,68-70,72-73H,22-24,26-30H2,1-14H3,(H,61,67)/t32-,33-,34+,35-,36-,37+,44+,45-,46+,47-,48+,49-,50-,51+,52-,54+,55+,56-,57-,58+/m1/s1. The summed E-state index contributed by atoms with van der Waals surface area (Å²) in [6.45, 7) is 17.4. The second-order valence-electron chi connectivity index (χ2n) is 23.7. The van der Waals surface area contributed by atoms with Crippen molar-refractivity contribution in [1.82, 2.24) is 30.1 Å². The van der Waals surface area contributed by atoms with E-state index in [-0.39, 0.29) is 24.7 Å². The lowest BCUT2D eigenvalue weighted by Crippen LogP contribution is -2.60. The minimum atomic E-state index is -1.88. The highest BCUT2D eigenvalue weighted by molar-refractivity contribution is 14.1. The molecule has 0 radical (unpaired) electrons. The summed E-state index contributed by atoms with van der Waals surface area (Å²) in [5.41, 5.74) is -0.414. The first-order chi connectivity index (χ1) is 37.5. The van der Waals surface area contributed by atoms with Crippen LogP contribution in [-0.2, 0) is 55.7 Å². The van der Waals surface area contributed by atoms with E-state index in [0.29, 0.717) is 38.2 Å². The molecule has 0 saturated carbocycles. The van der Waals surface area contributed by atoms with Crippen molar-refractivity contribution in [1.29, 1.82) is 0 Å². The molecule has 1 aromatic heterocycles. The number of nitrogens with zero attached hydrogens (tertiary/aromatic N) is 5. The van der Waals surface area contributed by atoms with Crippen LogP contribution in [0.4, 0.5) is 4.39 Å². The average Bonchev–Trinajstić information content (AvgIpc) is 3.89. The molecule has 2 aromatic carbocycles. The predicted molar refractivity (Wildman–Crippen MR) is 305 cm³/mol. The normalized spacial score (nSPS) is 37.1. The Labute approximate surface area is 485 Å². The van der Waals surface area contributed by atoms with Gasteiger partial charge in [-0.2, -0.15) is 0 Å². The number of hydrogen-bond acceptors (Lipinski definition) is 18. The SMILES string of the molecule is CO[C@H](c1ccc(-c2cccc(CNC(C)=O)c2)cc1)[C@@H](CF)n1cc(CCN(C)[C@H]2C[C@@H](C)O[C@@H](O[C@@H]3[C@@H](C)[C@H](O[C@H]4C[C@@](C)(OC)[C@@H](O)[C@H](C)O4)[C@@H](C)C(=O)O[C@H](I)[C@@](C)(O)[C@H](O)[C@@H](C)N(C)C[C@H](C)C[C@@]3(C)O)[C@@H]2O)nn1. The van der Waals surface area contributed by atoms with Gasteiger partial charge in [0.1, 0.15) is 42.7 Å². The zero-order chi connectivity index (χ0) is 59.2. The monoisotopic (exact) mass is 1240 g/mol. The van der Waals surface area contributed by atoms with Crippen molar-refractivity contribution in [2.24, 2.45) is 17.8 Å². The van der Waals surface area contributed by atoms with Crippen LogP contribution in [0.2, 0.25) is 0 Å². The lowest BCUT2D eigenvalue weighted by molar-refractivity contribution is -0.318. The second kappa shape index (κ2) is 28.0. The quantitative estimate of drug-likeness (QED) is 0.0571. The van der Waals surface area contributed by atoms with Gasteiger partial charge in [-0.3, -0.25) is 9.59 Å². The number of carbonyl (C=O) groups is 2. The maximum atomic E-state index is 15.1. The van der Waals surface area contributed by atoms with Gasteiger partial charge in [0.15, 0.2) is 16.7 Å². The summed E-state index contributed by atoms with van der Waals surface area (Å²) in [5, 5.41) is 71.2. The number of halogens is 2. The number of alkyl halides is 2. The molecule has 4 heterocycles. The van der Waals surface area contributed by atoms with E-state index in [4.69, 9.17) is 33.2 Å². The molecule has 6 N–H and O–H groups in total. The van der Waals surface area contributed by atoms with Gasteiger partial charge in [0, 0.05) is 77.8 Å². The number of hydrogen-bond donors (Lipinski definition) is 6. The number of methoxy groups -OCH3 is 2. The van der Waals surface area contributed by atoms with Crippen LogP contribution in [0.1, 0.15) is 117 Å². The summed E-state index contributed by atoms with van der Waals surface area (Å²) in [7, 11) is 6.71. The number of esters is 1. The summed E-state index contributed by atoms with van der Waals surface area (Å²) >= 11 is 1.82. The molecule has 3 aromatic rings. The molecule has 3 fully saturated rings. The number of cyclic esters (lactones) is 1. The van der Waals surface area contributed by atoms with Crippen molar-refractivity contribution in [3.8, 4) is 11.1 Å². The number of aliphatic hydroxyl groups is 5. The Bertz CT molecular complexity index is 2460. The molecular formula is C58H90FIN6O14. The molecule has 0 aliphatic carbocycles. The summed E-state index contributed by atoms with van der Waals surface area (Å²) < 4.78 is 59.4. The number of ether oxygens (including phenoxy) is 7. The lowest BCUT2D eigenvalue weighted by atomic mass is 9.77. The fourth-order valence-corrected chi connectivity index (χ4v) is 12.5. The van der Waals surface area contributed by atoms with Crippen LogP contribution in [0.5, 0.6) is 0 Å². The summed E-state index contributed by atoms with van der Waals surface area (Å²) in [5.74, 6) is -3.06. The van der Waals surface area contributed by atoms with Crippen LogP contribution in [0.3, 0.4) is 0 Å². The van der Waals surface area contributed by atoms with Crippen LogP contribution >= 0.6 is 22.6 Å². The molecule has 450 valence electrons. The molecule has 20 atom stereocenters. The molecule has 1 amide bonds. The number of benzene rings is 2. The van der Waals surface area contributed by atoms with Gasteiger partial charge < -0.3 is 73.8 Å². The van der Waals surface area contributed by atoms with Gasteiger partial charge >= 0.3 is 5.97 Å². The highest BCUT2D eigenvalue weighted by atomic mass is 127. The van der Waals surface area contributed by atoms with Gasteiger partial charge in [0.05, 0.1) is 47.2 Å². The molecule has 22 heteroatoms. The predicted octanol–water partition coefficient (Wildman–Crippen LogP) is 5.29. The lowest BCUT2D eigenvalue weighted by Gasteiger charge is -2.49. The Balaban J connectivity index is 1.22. The van der Waals surface area contributed by atoms with E-state index in [1.807, 2.05) is 109 Å². The molecular weight excluding hydrogens is 1150 g/mol. The third-order valence-electron chi connectivity index (χ3n) is 16.9. The number of aliphatic hydroxyl groups excluding tert-OH is 3. The molecule has 3 aliphatic rings. The average molecular weight is 1240 g/mol. The zero-order valence-corrected chi connectivity index (χ0v) is 51.2. The van der Waals surface area contributed by atoms with Crippen LogP contribution < -0.4 is 5.32 Å². The van der Waals surface area contributed by atoms with Gasteiger partial charge in [0.25, 0.3) is 0 Å². The highest BCUT2D eigenvalue weighted by Gasteiger charge is 2.53.